The van der Waals surface area contributed by atoms with Crippen molar-refractivity contribution in [2.45, 2.75) is 19.5 Å². The van der Waals surface area contributed by atoms with Crippen molar-refractivity contribution < 1.29 is 48.8 Å². The number of carbonyl (C=O) groups is 1. The van der Waals surface area contributed by atoms with Crippen molar-refractivity contribution in [1.82, 2.24) is 15.0 Å². The minimum atomic E-state index is -5.31. The third-order valence-electron chi connectivity index (χ3n) is 7.13. The van der Waals surface area contributed by atoms with E-state index in [1.165, 1.54) is 0 Å². The number of azo groups is 1. The third kappa shape index (κ3) is 9.10. The van der Waals surface area contributed by atoms with Gasteiger partial charge in [0, 0.05) is 29.1 Å². The number of rotatable bonds is 12. The molecular weight excluding hydrogens is 892 g/mol. The topological polar surface area (TPSA) is 291 Å². The number of para-hydroxylation sites is 1. The van der Waals surface area contributed by atoms with E-state index in [4.69, 9.17) is 0 Å². The lowest BCUT2D eigenvalue weighted by atomic mass is 10.1. The van der Waals surface area contributed by atoms with Gasteiger partial charge in [0.1, 0.15) is 32.3 Å². The average Bonchev–Trinajstić information content (AvgIpc) is 3.09. The standard InChI is InChI=1S/C29H24Br2N8O11S3/c1-39(17-5-3-2-4-6-17)29-33-14-32-28(36-29)35-21-12-18(51(42,43)44)9-15-10-23(53(48,49)50)25(26(40)24(15)21)38-37-20-11-16(34-27(41)19(31)13-30)7-8-22(20)52(45,46)47/h2-12,14,19,40H,13H2,1H3,(H,34,41)(H,42,43,44)(H,45,46,47)(H,48,49,50)(H,32,33,35,36). The zero-order valence-corrected chi connectivity index (χ0v) is 32.1. The number of anilines is 5. The number of aromatic nitrogens is 3. The van der Waals surface area contributed by atoms with Crippen molar-refractivity contribution in [3.05, 3.63) is 73.1 Å². The molecule has 5 aromatic rings. The van der Waals surface area contributed by atoms with Crippen LogP contribution in [0.4, 0.5) is 40.3 Å². The van der Waals surface area contributed by atoms with Gasteiger partial charge in [0.05, 0.1) is 10.6 Å². The van der Waals surface area contributed by atoms with E-state index in [-0.39, 0.29) is 39.4 Å². The van der Waals surface area contributed by atoms with E-state index in [0.29, 0.717) is 11.8 Å². The molecule has 1 amide bonds. The monoisotopic (exact) mass is 914 g/mol. The Labute approximate surface area is 317 Å². The molecule has 0 fully saturated rings. The molecule has 1 atom stereocenters. The molecule has 4 aromatic carbocycles. The summed E-state index contributed by atoms with van der Waals surface area (Å²) >= 11 is 6.26. The van der Waals surface area contributed by atoms with Gasteiger partial charge in [0.15, 0.2) is 5.75 Å². The van der Waals surface area contributed by atoms with Crippen molar-refractivity contribution in [3.8, 4) is 5.75 Å². The minimum Gasteiger partial charge on any atom is -0.505 e. The molecule has 0 radical (unpaired) electrons. The van der Waals surface area contributed by atoms with E-state index in [0.717, 1.165) is 36.7 Å². The molecule has 0 spiro atoms. The molecule has 0 bridgehead atoms. The van der Waals surface area contributed by atoms with E-state index in [1.54, 1.807) is 42.3 Å². The van der Waals surface area contributed by atoms with E-state index >= 15 is 0 Å². The van der Waals surface area contributed by atoms with Crippen LogP contribution in [0, 0.1) is 0 Å². The first-order chi connectivity index (χ1) is 24.8. The maximum atomic E-state index is 12.6. The number of hydrogen-bond donors (Lipinski definition) is 6. The molecule has 53 heavy (non-hydrogen) atoms. The Morgan fingerprint density at radius 2 is 1.57 bits per heavy atom. The second-order valence-electron chi connectivity index (χ2n) is 10.7. The molecule has 0 saturated carbocycles. The van der Waals surface area contributed by atoms with E-state index in [2.05, 4.69) is 67.7 Å². The van der Waals surface area contributed by atoms with Crippen molar-refractivity contribution in [3.63, 3.8) is 0 Å². The Bertz CT molecular complexity index is 2620. The lowest BCUT2D eigenvalue weighted by Crippen LogP contribution is -2.23. The van der Waals surface area contributed by atoms with Crippen molar-refractivity contribution in [2.75, 3.05) is 27.9 Å². The number of aromatic hydroxyl groups is 1. The van der Waals surface area contributed by atoms with Crippen LogP contribution >= 0.6 is 31.9 Å². The summed E-state index contributed by atoms with van der Waals surface area (Å²) in [4.78, 5) is 23.0. The Morgan fingerprint density at radius 3 is 2.19 bits per heavy atom. The van der Waals surface area contributed by atoms with Gasteiger partial charge in [-0.3, -0.25) is 18.5 Å². The van der Waals surface area contributed by atoms with Gasteiger partial charge in [-0.1, -0.05) is 50.1 Å². The van der Waals surface area contributed by atoms with Gasteiger partial charge in [0.25, 0.3) is 30.4 Å². The van der Waals surface area contributed by atoms with Crippen molar-refractivity contribution >= 4 is 119 Å². The predicted octanol–water partition coefficient (Wildman–Crippen LogP) is 5.49. The first-order valence-corrected chi connectivity index (χ1v) is 20.7. The fourth-order valence-corrected chi connectivity index (χ4v) is 6.90. The van der Waals surface area contributed by atoms with E-state index < -0.39 is 72.9 Å². The number of benzene rings is 4. The quantitative estimate of drug-likeness (QED) is 0.0512. The Kier molecular flexibility index (Phi) is 11.4. The fraction of sp³-hybridized carbons (Fsp3) is 0.103. The first-order valence-electron chi connectivity index (χ1n) is 14.4. The predicted molar refractivity (Wildman–Crippen MR) is 198 cm³/mol. The van der Waals surface area contributed by atoms with Gasteiger partial charge in [0.2, 0.25) is 17.8 Å². The van der Waals surface area contributed by atoms with Crippen LogP contribution in [0.2, 0.25) is 0 Å². The highest BCUT2D eigenvalue weighted by molar-refractivity contribution is 9.12. The SMILES string of the molecule is CN(c1ccccc1)c1ncnc(Nc2cc(S(=O)(=O)O)cc3cc(S(=O)(=O)O)c(N=Nc4cc(NC(=O)C(Br)CBr)ccc4S(=O)(=O)O)c(O)c23)n1. The Morgan fingerprint density at radius 1 is 0.887 bits per heavy atom. The minimum absolute atomic E-state index is 0.0293. The summed E-state index contributed by atoms with van der Waals surface area (Å²) in [6.07, 6.45) is 1.12. The maximum absolute atomic E-state index is 12.6. The van der Waals surface area contributed by atoms with Crippen LogP contribution in [0.3, 0.4) is 0 Å². The van der Waals surface area contributed by atoms with Gasteiger partial charge in [-0.2, -0.15) is 30.2 Å². The molecule has 1 unspecified atom stereocenters. The molecule has 0 aliphatic carbocycles. The zero-order valence-electron chi connectivity index (χ0n) is 26.5. The van der Waals surface area contributed by atoms with Crippen LogP contribution in [0.25, 0.3) is 10.8 Å². The molecule has 6 N–H and O–H groups in total. The molecule has 1 aromatic heterocycles. The molecule has 1 heterocycles. The summed E-state index contributed by atoms with van der Waals surface area (Å²) in [5, 5.41) is 23.6. The molecule has 278 valence electrons. The molecular formula is C29H24Br2N8O11S3. The Balaban J connectivity index is 1.71. The first kappa shape index (κ1) is 39.5. The summed E-state index contributed by atoms with van der Waals surface area (Å²) < 4.78 is 104. The maximum Gasteiger partial charge on any atom is 0.296 e. The fourth-order valence-electron chi connectivity index (χ4n) is 4.68. The van der Waals surface area contributed by atoms with E-state index in [9.17, 15) is 48.8 Å². The van der Waals surface area contributed by atoms with Gasteiger partial charge in [-0.05, 0) is 53.9 Å². The number of alkyl halides is 2. The number of fused-ring (bicyclic) bond motifs is 1. The molecule has 0 aliphatic heterocycles. The second kappa shape index (κ2) is 15.3. The summed E-state index contributed by atoms with van der Waals surface area (Å²) in [5.74, 6) is -1.71. The van der Waals surface area contributed by atoms with Crippen molar-refractivity contribution in [1.29, 1.82) is 0 Å². The lowest BCUT2D eigenvalue weighted by Gasteiger charge is -2.18. The third-order valence-corrected chi connectivity index (χ3v) is 12.0. The number of nitrogens with one attached hydrogen (secondary N) is 2. The number of phenolic OH excluding ortho intramolecular Hbond substituents is 1. The average molecular weight is 917 g/mol. The summed E-state index contributed by atoms with van der Waals surface area (Å²) in [7, 11) is -13.6. The van der Waals surface area contributed by atoms with Gasteiger partial charge < -0.3 is 20.6 Å². The number of phenols is 1. The number of amides is 1. The highest BCUT2D eigenvalue weighted by atomic mass is 79.9. The van der Waals surface area contributed by atoms with Crippen LogP contribution < -0.4 is 15.5 Å². The zero-order chi connectivity index (χ0) is 38.9. The van der Waals surface area contributed by atoms with Crippen LogP contribution in [0.15, 0.2) is 98.0 Å². The van der Waals surface area contributed by atoms with Crippen molar-refractivity contribution in [2.24, 2.45) is 10.2 Å². The second-order valence-corrected chi connectivity index (χ2v) is 16.6. The van der Waals surface area contributed by atoms with Crippen LogP contribution in [-0.4, -0.2) is 82.1 Å². The molecule has 19 nitrogen and oxygen atoms in total. The molecule has 0 aliphatic rings. The van der Waals surface area contributed by atoms with Crippen LogP contribution in [0.1, 0.15) is 0 Å². The summed E-state index contributed by atoms with van der Waals surface area (Å²) in [6, 6.07) is 14.2. The number of carbonyl (C=O) groups excluding carboxylic acids is 1. The highest BCUT2D eigenvalue weighted by Gasteiger charge is 2.27. The normalized spacial score (nSPS) is 12.9. The molecule has 5 rings (SSSR count). The molecule has 24 heteroatoms. The number of hydrogen-bond acceptors (Lipinski definition) is 15. The molecule has 0 saturated heterocycles. The Hall–Kier alpha value is -4.69. The number of halogens is 2. The summed E-state index contributed by atoms with van der Waals surface area (Å²) in [6.45, 7) is 0. The van der Waals surface area contributed by atoms with E-state index in [1.807, 2.05) is 0 Å². The highest BCUT2D eigenvalue weighted by Crippen LogP contribution is 2.46. The largest absolute Gasteiger partial charge is 0.505 e. The van der Waals surface area contributed by atoms with Crippen LogP contribution in [0.5, 0.6) is 5.75 Å². The van der Waals surface area contributed by atoms with Crippen LogP contribution in [-0.2, 0) is 35.1 Å². The van der Waals surface area contributed by atoms with Gasteiger partial charge >= 0.3 is 0 Å². The van der Waals surface area contributed by atoms with Gasteiger partial charge in [-0.25, -0.2) is 9.97 Å². The smallest absolute Gasteiger partial charge is 0.296 e. The van der Waals surface area contributed by atoms with Gasteiger partial charge in [-0.15, -0.1) is 10.2 Å². The lowest BCUT2D eigenvalue weighted by molar-refractivity contribution is -0.115. The number of nitrogens with zero attached hydrogens (tertiary/aromatic N) is 6. The summed E-state index contributed by atoms with van der Waals surface area (Å²) in [5.41, 5.74) is -1.29.